The van der Waals surface area contributed by atoms with Gasteiger partial charge in [-0.1, -0.05) is 76.1 Å². The predicted octanol–water partition coefficient (Wildman–Crippen LogP) is 8.86. The van der Waals surface area contributed by atoms with Gasteiger partial charge in [-0.15, -0.1) is 6.42 Å². The number of allylic oxidation sites excluding steroid dienone is 7. The third-order valence-electron chi connectivity index (χ3n) is 5.78. The van der Waals surface area contributed by atoms with Gasteiger partial charge in [0.15, 0.2) is 0 Å². The molecular weight excluding hydrogens is 386 g/mol. The van der Waals surface area contributed by atoms with Crippen molar-refractivity contribution in [2.24, 2.45) is 11.8 Å². The number of hydrogen-bond acceptors (Lipinski definition) is 1. The highest BCUT2D eigenvalue weighted by atomic mass is 14.9. The van der Waals surface area contributed by atoms with Gasteiger partial charge in [0, 0.05) is 23.2 Å². The first-order valence-electron chi connectivity index (χ1n) is 12.3. The minimum atomic E-state index is 0.495. The number of hydrogen-bond donors (Lipinski definition) is 1. The predicted molar refractivity (Wildman–Crippen MR) is 147 cm³/mol. The summed E-state index contributed by atoms with van der Waals surface area (Å²) in [5.41, 5.74) is 7.47. The van der Waals surface area contributed by atoms with Crippen LogP contribution in [0.3, 0.4) is 0 Å². The summed E-state index contributed by atoms with van der Waals surface area (Å²) in [6.07, 6.45) is 17.6. The first kappa shape index (κ1) is 29.5. The van der Waals surface area contributed by atoms with Crippen LogP contribution in [0.5, 0.6) is 0 Å². The summed E-state index contributed by atoms with van der Waals surface area (Å²) in [5.74, 6) is 3.86. The highest BCUT2D eigenvalue weighted by Gasteiger charge is 2.42. The standard InChI is InChI=1S/C21H27N.C8H14.C2H6/c1-7-15(5)22-16(6)20-13-21(20)18(9-3)19-12-17(8-2)11-10-14(19)4;1-4-6-7-8(3)5-2;1-2/h2,9-12,15,20-22H,6-7,13H2,1,3-5H3;5-7H,4H2,1-3H3;1-2H3/b18-9+;7-6-,8-5-;. The highest BCUT2D eigenvalue weighted by Crippen LogP contribution is 2.51. The highest BCUT2D eigenvalue weighted by molar-refractivity contribution is 5.73. The Balaban J connectivity index is 0.000000814. The molecule has 1 nitrogen and oxygen atoms in total. The second kappa shape index (κ2) is 16.2. The van der Waals surface area contributed by atoms with Crippen molar-refractivity contribution in [1.82, 2.24) is 5.32 Å². The van der Waals surface area contributed by atoms with Gasteiger partial charge in [-0.25, -0.2) is 0 Å². The molecule has 176 valence electrons. The summed E-state index contributed by atoms with van der Waals surface area (Å²) in [6, 6.07) is 6.77. The van der Waals surface area contributed by atoms with E-state index in [0.717, 1.165) is 18.4 Å². The number of benzene rings is 1. The van der Waals surface area contributed by atoms with E-state index in [9.17, 15) is 0 Å². The summed E-state index contributed by atoms with van der Waals surface area (Å²) in [7, 11) is 0. The molecule has 0 heterocycles. The van der Waals surface area contributed by atoms with Crippen LogP contribution in [0.2, 0.25) is 0 Å². The van der Waals surface area contributed by atoms with E-state index in [1.54, 1.807) is 0 Å². The van der Waals surface area contributed by atoms with Crippen LogP contribution in [-0.2, 0) is 0 Å². The van der Waals surface area contributed by atoms with Gasteiger partial charge in [-0.05, 0) is 88.6 Å². The van der Waals surface area contributed by atoms with E-state index in [1.165, 1.54) is 34.4 Å². The lowest BCUT2D eigenvalue weighted by molar-refractivity contribution is 0.572. The fraction of sp³-hybridized carbons (Fsp3) is 0.484. The molecule has 0 radical (unpaired) electrons. The minimum Gasteiger partial charge on any atom is -0.386 e. The summed E-state index contributed by atoms with van der Waals surface area (Å²) < 4.78 is 0. The van der Waals surface area contributed by atoms with Crippen molar-refractivity contribution in [1.29, 1.82) is 0 Å². The molecule has 32 heavy (non-hydrogen) atoms. The Bertz CT molecular complexity index is 829. The quantitative estimate of drug-likeness (QED) is 0.319. The SMILES string of the molecule is C#Cc1ccc(C)c(/C(=C\C)C2CC2C(=C)NC(C)CC)c1.C/C=C(C)\C=C/CC.CC. The van der Waals surface area contributed by atoms with Crippen molar-refractivity contribution in [3.05, 3.63) is 77.0 Å². The van der Waals surface area contributed by atoms with Crippen LogP contribution in [0.1, 0.15) is 91.3 Å². The van der Waals surface area contributed by atoms with E-state index in [1.807, 2.05) is 19.9 Å². The van der Waals surface area contributed by atoms with Gasteiger partial charge >= 0.3 is 0 Å². The molecule has 3 atom stereocenters. The first-order chi connectivity index (χ1) is 15.3. The summed E-state index contributed by atoms with van der Waals surface area (Å²) in [6.45, 7) is 23.2. The van der Waals surface area contributed by atoms with Crippen LogP contribution < -0.4 is 5.32 Å². The monoisotopic (exact) mass is 433 g/mol. The number of nitrogens with one attached hydrogen (secondary N) is 1. The van der Waals surface area contributed by atoms with E-state index in [4.69, 9.17) is 6.42 Å². The second-order valence-electron chi connectivity index (χ2n) is 8.19. The van der Waals surface area contributed by atoms with Crippen LogP contribution >= 0.6 is 0 Å². The Kier molecular flexibility index (Phi) is 15.0. The lowest BCUT2D eigenvalue weighted by Crippen LogP contribution is -2.25. The van der Waals surface area contributed by atoms with Gasteiger partial charge < -0.3 is 5.32 Å². The van der Waals surface area contributed by atoms with Crippen LogP contribution in [0.25, 0.3) is 5.57 Å². The van der Waals surface area contributed by atoms with Gasteiger partial charge in [0.05, 0.1) is 0 Å². The van der Waals surface area contributed by atoms with E-state index in [-0.39, 0.29) is 0 Å². The Hall–Kier alpha value is -2.46. The van der Waals surface area contributed by atoms with Crippen LogP contribution in [0.15, 0.2) is 60.4 Å². The molecule has 1 N–H and O–H groups in total. The normalized spacial score (nSPS) is 18.5. The average Bonchev–Trinajstić information content (AvgIpc) is 3.61. The van der Waals surface area contributed by atoms with Gasteiger partial charge in [0.2, 0.25) is 0 Å². The topological polar surface area (TPSA) is 12.0 Å². The Morgan fingerprint density at radius 2 is 1.88 bits per heavy atom. The van der Waals surface area contributed by atoms with E-state index in [0.29, 0.717) is 17.9 Å². The lowest BCUT2D eigenvalue weighted by atomic mass is 9.93. The average molecular weight is 434 g/mol. The van der Waals surface area contributed by atoms with E-state index in [2.05, 4.69) is 103 Å². The smallest absolute Gasteiger partial charge is 0.0248 e. The van der Waals surface area contributed by atoms with Crippen molar-refractivity contribution in [2.45, 2.75) is 87.6 Å². The molecule has 1 heteroatoms. The molecule has 0 saturated heterocycles. The van der Waals surface area contributed by atoms with Gasteiger partial charge in [0.1, 0.15) is 0 Å². The van der Waals surface area contributed by atoms with Gasteiger partial charge in [0.25, 0.3) is 0 Å². The van der Waals surface area contributed by atoms with Gasteiger partial charge in [-0.3, -0.25) is 0 Å². The fourth-order valence-electron chi connectivity index (χ4n) is 3.44. The molecule has 1 saturated carbocycles. The third kappa shape index (κ3) is 9.78. The molecule has 0 aromatic heterocycles. The molecule has 2 rings (SSSR count). The molecule has 1 aliphatic carbocycles. The maximum atomic E-state index is 5.55. The van der Waals surface area contributed by atoms with Crippen molar-refractivity contribution >= 4 is 5.57 Å². The fourth-order valence-corrected chi connectivity index (χ4v) is 3.44. The van der Waals surface area contributed by atoms with Crippen LogP contribution in [0, 0.1) is 31.1 Å². The Morgan fingerprint density at radius 1 is 1.22 bits per heavy atom. The van der Waals surface area contributed by atoms with Gasteiger partial charge in [-0.2, -0.15) is 0 Å². The molecule has 0 spiro atoms. The first-order valence-corrected chi connectivity index (χ1v) is 12.3. The molecule has 0 amide bonds. The summed E-state index contributed by atoms with van der Waals surface area (Å²) in [4.78, 5) is 0. The number of terminal acetylenes is 1. The largest absolute Gasteiger partial charge is 0.386 e. The molecule has 0 aliphatic heterocycles. The zero-order valence-electron chi connectivity index (χ0n) is 22.2. The third-order valence-corrected chi connectivity index (χ3v) is 5.78. The van der Waals surface area contributed by atoms with Crippen molar-refractivity contribution in [2.75, 3.05) is 0 Å². The maximum Gasteiger partial charge on any atom is 0.0248 e. The summed E-state index contributed by atoms with van der Waals surface area (Å²) in [5, 5.41) is 3.54. The molecule has 1 aliphatic rings. The Morgan fingerprint density at radius 3 is 2.38 bits per heavy atom. The molecule has 1 aromatic carbocycles. The molecular formula is C31H47N. The second-order valence-corrected chi connectivity index (χ2v) is 8.19. The molecule has 1 aromatic rings. The lowest BCUT2D eigenvalue weighted by Gasteiger charge is -2.16. The van der Waals surface area contributed by atoms with Crippen molar-refractivity contribution in [3.8, 4) is 12.3 Å². The zero-order valence-corrected chi connectivity index (χ0v) is 22.2. The zero-order chi connectivity index (χ0) is 24.7. The minimum absolute atomic E-state index is 0.495. The number of aryl methyl sites for hydroxylation is 1. The van der Waals surface area contributed by atoms with Crippen LogP contribution in [-0.4, -0.2) is 6.04 Å². The molecule has 0 bridgehead atoms. The van der Waals surface area contributed by atoms with E-state index < -0.39 is 0 Å². The summed E-state index contributed by atoms with van der Waals surface area (Å²) >= 11 is 0. The molecule has 1 fully saturated rings. The number of rotatable bonds is 8. The van der Waals surface area contributed by atoms with Crippen molar-refractivity contribution in [3.63, 3.8) is 0 Å². The molecule has 3 unspecified atom stereocenters. The Labute approximate surface area is 199 Å². The maximum absolute atomic E-state index is 5.55. The van der Waals surface area contributed by atoms with Crippen LogP contribution in [0.4, 0.5) is 0 Å². The van der Waals surface area contributed by atoms with E-state index >= 15 is 0 Å². The van der Waals surface area contributed by atoms with Crippen molar-refractivity contribution < 1.29 is 0 Å².